The Labute approximate surface area is 83.9 Å². The maximum Gasteiger partial charge on any atom is 0.303 e. The largest absolute Gasteiger partial charge is 0.481 e. The highest BCUT2D eigenvalue weighted by Crippen LogP contribution is 2.23. The molecule has 0 amide bonds. The first-order valence-corrected chi connectivity index (χ1v) is 4.92. The van der Waals surface area contributed by atoms with Crippen LogP contribution in [0.3, 0.4) is 0 Å². The minimum Gasteiger partial charge on any atom is -0.481 e. The summed E-state index contributed by atoms with van der Waals surface area (Å²) in [5, 5.41) is 10.7. The molecule has 0 bridgehead atoms. The lowest BCUT2D eigenvalue weighted by Crippen LogP contribution is -1.98. The van der Waals surface area contributed by atoms with Gasteiger partial charge in [0.2, 0.25) is 0 Å². The van der Waals surface area contributed by atoms with Gasteiger partial charge >= 0.3 is 5.97 Å². The van der Waals surface area contributed by atoms with Gasteiger partial charge in [0.25, 0.3) is 0 Å². The summed E-state index contributed by atoms with van der Waals surface area (Å²) in [7, 11) is 0. The molecule has 0 spiro atoms. The molecule has 0 aromatic carbocycles. The van der Waals surface area contributed by atoms with Crippen LogP contribution in [0.15, 0.2) is 18.2 Å². The molecular formula is C12H16O2. The van der Waals surface area contributed by atoms with Gasteiger partial charge in [0, 0.05) is 6.42 Å². The molecule has 0 aliphatic heterocycles. The second-order valence-electron chi connectivity index (χ2n) is 3.70. The number of carboxylic acid groups (broad SMARTS) is 1. The van der Waals surface area contributed by atoms with Crippen LogP contribution >= 0.6 is 0 Å². The van der Waals surface area contributed by atoms with Crippen LogP contribution < -0.4 is 0 Å². The van der Waals surface area contributed by atoms with Crippen LogP contribution in [0.5, 0.6) is 0 Å². The summed E-state index contributed by atoms with van der Waals surface area (Å²) in [5.41, 5.74) is 1.53. The van der Waals surface area contributed by atoms with Crippen LogP contribution in [0.25, 0.3) is 0 Å². The van der Waals surface area contributed by atoms with Crippen LogP contribution in [0.2, 0.25) is 0 Å². The summed E-state index contributed by atoms with van der Waals surface area (Å²) in [6.07, 6.45) is 0.222. The fourth-order valence-corrected chi connectivity index (χ4v) is 1.30. The van der Waals surface area contributed by atoms with E-state index in [1.165, 1.54) is 16.0 Å². The van der Waals surface area contributed by atoms with E-state index >= 15 is 0 Å². The van der Waals surface area contributed by atoms with Crippen molar-refractivity contribution in [2.24, 2.45) is 0 Å². The smallest absolute Gasteiger partial charge is 0.303 e. The van der Waals surface area contributed by atoms with E-state index in [2.05, 4.69) is 32.0 Å². The maximum atomic E-state index is 9.37. The highest BCUT2D eigenvalue weighted by Gasteiger charge is 2.07. The lowest BCUT2D eigenvalue weighted by Gasteiger charge is -2.13. The minimum atomic E-state index is -0.745. The van der Waals surface area contributed by atoms with Crippen molar-refractivity contribution in [1.29, 1.82) is 0 Å². The lowest BCUT2D eigenvalue weighted by atomic mass is 9.91. The van der Waals surface area contributed by atoms with Crippen molar-refractivity contribution in [3.8, 4) is 0 Å². The van der Waals surface area contributed by atoms with Crippen molar-refractivity contribution >= 4 is 5.97 Å². The van der Waals surface area contributed by atoms with E-state index in [-0.39, 0.29) is 6.42 Å². The molecule has 14 heavy (non-hydrogen) atoms. The predicted molar refractivity (Wildman–Crippen MR) is 56.1 cm³/mol. The SMILES string of the molecule is CC(C)c1cc2ccc1=2.CCC(=O)O. The van der Waals surface area contributed by atoms with E-state index < -0.39 is 5.97 Å². The van der Waals surface area contributed by atoms with Crippen molar-refractivity contribution in [2.75, 3.05) is 0 Å². The van der Waals surface area contributed by atoms with Crippen LogP contribution in [0.4, 0.5) is 0 Å². The summed E-state index contributed by atoms with van der Waals surface area (Å²) in [4.78, 5) is 9.37. The highest BCUT2D eigenvalue weighted by atomic mass is 16.4. The Hall–Kier alpha value is -1.31. The van der Waals surface area contributed by atoms with E-state index in [4.69, 9.17) is 5.11 Å². The number of benzene rings is 1. The summed E-state index contributed by atoms with van der Waals surface area (Å²) in [5.74, 6) is -0.0290. The van der Waals surface area contributed by atoms with Crippen LogP contribution in [0, 0.1) is 10.4 Å². The quantitative estimate of drug-likeness (QED) is 0.794. The fourth-order valence-electron chi connectivity index (χ4n) is 1.30. The Morgan fingerprint density at radius 3 is 2.07 bits per heavy atom. The average Bonchev–Trinajstić information content (AvgIpc) is 2.10. The maximum absolute atomic E-state index is 9.37. The molecule has 0 saturated heterocycles. The third kappa shape index (κ3) is 2.13. The number of hydrogen-bond donors (Lipinski definition) is 1. The van der Waals surface area contributed by atoms with Gasteiger partial charge in [-0.2, -0.15) is 0 Å². The van der Waals surface area contributed by atoms with Crippen molar-refractivity contribution < 1.29 is 9.90 Å². The standard InChI is InChI=1S/C9H10.C3H6O2/c1-6(2)9-5-7-3-4-8(7)9;1-2-3(4)5/h3-6H,1-2H3;2H2,1H3,(H,4,5). The Balaban J connectivity index is 0.000000171. The van der Waals surface area contributed by atoms with E-state index in [1.807, 2.05) is 0 Å². The minimum absolute atomic E-state index is 0.222. The average molecular weight is 192 g/mol. The van der Waals surface area contributed by atoms with Crippen LogP contribution in [-0.4, -0.2) is 11.1 Å². The first-order valence-electron chi connectivity index (χ1n) is 4.92. The molecule has 0 aromatic heterocycles. The van der Waals surface area contributed by atoms with Gasteiger partial charge in [0.15, 0.2) is 0 Å². The normalized spacial score (nSPS) is 10.6. The summed E-state index contributed by atoms with van der Waals surface area (Å²) in [6.45, 7) is 6.08. The Kier molecular flexibility index (Phi) is 3.28. The monoisotopic (exact) mass is 192 g/mol. The van der Waals surface area contributed by atoms with Gasteiger partial charge in [-0.05, 0) is 21.9 Å². The molecule has 2 nitrogen and oxygen atoms in total. The Morgan fingerprint density at radius 2 is 2.00 bits per heavy atom. The molecule has 0 saturated carbocycles. The van der Waals surface area contributed by atoms with E-state index in [0.717, 1.165) is 0 Å². The van der Waals surface area contributed by atoms with Gasteiger partial charge < -0.3 is 5.11 Å². The molecular weight excluding hydrogens is 176 g/mol. The molecule has 0 unspecified atom stereocenters. The number of carboxylic acids is 1. The first kappa shape index (κ1) is 10.8. The van der Waals surface area contributed by atoms with Gasteiger partial charge in [-0.1, -0.05) is 39.0 Å². The Morgan fingerprint density at radius 1 is 1.43 bits per heavy atom. The first-order chi connectivity index (χ1) is 6.56. The van der Waals surface area contributed by atoms with Crippen LogP contribution in [0.1, 0.15) is 38.7 Å². The number of hydrogen-bond acceptors (Lipinski definition) is 1. The van der Waals surface area contributed by atoms with Crippen molar-refractivity contribution in [3.05, 3.63) is 34.2 Å². The Bertz CT molecular complexity index is 418. The van der Waals surface area contributed by atoms with Crippen LogP contribution in [-0.2, 0) is 4.79 Å². The van der Waals surface area contributed by atoms with Gasteiger partial charge in [0.05, 0.1) is 0 Å². The van der Waals surface area contributed by atoms with Gasteiger partial charge in [-0.3, -0.25) is 4.79 Å². The zero-order valence-corrected chi connectivity index (χ0v) is 8.87. The molecule has 2 aliphatic rings. The number of carbonyl (C=O) groups is 1. The van der Waals surface area contributed by atoms with E-state index in [9.17, 15) is 4.79 Å². The molecule has 0 fully saturated rings. The van der Waals surface area contributed by atoms with E-state index in [0.29, 0.717) is 5.92 Å². The number of aliphatic carboxylic acids is 1. The number of rotatable bonds is 2. The third-order valence-corrected chi connectivity index (χ3v) is 2.29. The topological polar surface area (TPSA) is 37.3 Å². The molecule has 0 heterocycles. The third-order valence-electron chi connectivity index (χ3n) is 2.29. The fraction of sp³-hybridized carbons (Fsp3) is 0.417. The van der Waals surface area contributed by atoms with Crippen molar-refractivity contribution in [3.63, 3.8) is 0 Å². The van der Waals surface area contributed by atoms with Crippen molar-refractivity contribution in [2.45, 2.75) is 33.1 Å². The summed E-state index contributed by atoms with van der Waals surface area (Å²) >= 11 is 0. The molecule has 1 N–H and O–H groups in total. The summed E-state index contributed by atoms with van der Waals surface area (Å²) < 4.78 is 0. The zero-order chi connectivity index (χ0) is 10.7. The molecule has 0 radical (unpaired) electrons. The molecule has 0 aromatic rings. The second-order valence-corrected chi connectivity index (χ2v) is 3.70. The molecule has 0 atom stereocenters. The highest BCUT2D eigenvalue weighted by molar-refractivity contribution is 5.66. The molecule has 2 heteroatoms. The van der Waals surface area contributed by atoms with Crippen molar-refractivity contribution in [1.82, 2.24) is 0 Å². The second kappa shape index (κ2) is 4.27. The molecule has 2 rings (SSSR count). The lowest BCUT2D eigenvalue weighted by molar-refractivity contribution is -0.136. The van der Waals surface area contributed by atoms with Gasteiger partial charge in [0.1, 0.15) is 0 Å². The zero-order valence-electron chi connectivity index (χ0n) is 8.87. The van der Waals surface area contributed by atoms with Gasteiger partial charge in [-0.15, -0.1) is 0 Å². The summed E-state index contributed by atoms with van der Waals surface area (Å²) in [6, 6.07) is 6.64. The molecule has 2 aliphatic carbocycles. The van der Waals surface area contributed by atoms with E-state index in [1.54, 1.807) is 6.92 Å². The molecule has 76 valence electrons. The predicted octanol–water partition coefficient (Wildman–Crippen LogP) is 2.89. The van der Waals surface area contributed by atoms with Gasteiger partial charge in [-0.25, -0.2) is 0 Å².